The van der Waals surface area contributed by atoms with E-state index in [-0.39, 0.29) is 18.9 Å². The molecule has 17 atom stereocenters. The Labute approximate surface area is 579 Å². The first kappa shape index (κ1) is 87.7. The van der Waals surface area contributed by atoms with Gasteiger partial charge in [-0.1, -0.05) is 286 Å². The lowest BCUT2D eigenvalue weighted by atomic mass is 9.96. The first-order chi connectivity index (χ1) is 46.8. The fraction of sp³-hybridized carbons (Fsp3) is 0.857. The molecule has 0 bridgehead atoms. The highest BCUT2D eigenvalue weighted by atomic mass is 16.8. The molecule has 3 saturated heterocycles. The fourth-order valence-electron chi connectivity index (χ4n) is 12.9. The molecule has 96 heavy (non-hydrogen) atoms. The molecule has 3 heterocycles. The summed E-state index contributed by atoms with van der Waals surface area (Å²) in [6.07, 6.45) is 46.3. The van der Waals surface area contributed by atoms with Crippen LogP contribution in [0.1, 0.15) is 290 Å². The molecule has 19 heteroatoms. The average molecular weight is 1370 g/mol. The molecule has 0 aromatic rings. The van der Waals surface area contributed by atoms with Gasteiger partial charge in [0.15, 0.2) is 18.9 Å². The predicted octanol–water partition coefficient (Wildman–Crippen LogP) is 11.9. The zero-order chi connectivity index (χ0) is 69.6. The molecular formula is C77H139NO18. The molecule has 3 rings (SSSR count). The first-order valence-electron chi connectivity index (χ1n) is 38.5. The number of allylic oxidation sites excluding steroid dienone is 9. The van der Waals surface area contributed by atoms with Crippen molar-refractivity contribution in [2.24, 2.45) is 0 Å². The van der Waals surface area contributed by atoms with Crippen molar-refractivity contribution in [1.82, 2.24) is 5.32 Å². The Morgan fingerprint density at radius 1 is 0.385 bits per heavy atom. The monoisotopic (exact) mass is 1370 g/mol. The average Bonchev–Trinajstić information content (AvgIpc) is 0.786. The maximum absolute atomic E-state index is 13.5. The molecule has 3 aliphatic heterocycles. The van der Waals surface area contributed by atoms with E-state index < -0.39 is 124 Å². The SMILES string of the molecule is CC/C=C\C/C=C\C/C=C\C/C=C\CCCCCCCCCCCCCCCCCCCCC(=O)NC(COC1OC(CO)C(OC2OC(CO)C(OC3OC(CO)C(O)C(O)C3O)C(O)C2O)C(O)C1O)C(O)/C=C/CCCCCCCCCCCCCCCCCCCC. The van der Waals surface area contributed by atoms with E-state index in [0.717, 1.165) is 70.6 Å². The lowest BCUT2D eigenvalue weighted by Crippen LogP contribution is -2.66. The van der Waals surface area contributed by atoms with E-state index in [2.05, 4.69) is 67.8 Å². The van der Waals surface area contributed by atoms with Crippen molar-refractivity contribution >= 4 is 5.91 Å². The third-order valence-electron chi connectivity index (χ3n) is 19.1. The van der Waals surface area contributed by atoms with Crippen molar-refractivity contribution in [2.45, 2.75) is 394 Å². The van der Waals surface area contributed by atoms with Crippen molar-refractivity contribution < 1.29 is 89.4 Å². The smallest absolute Gasteiger partial charge is 0.220 e. The standard InChI is InChI=1S/C77H139NO18/c1-3-5-7-9-11-13-15-17-19-21-23-25-26-27-28-29-30-31-32-33-34-35-37-39-41-43-45-47-49-51-53-55-65(83)78-60(61(82)54-52-50-48-46-44-42-40-38-36-24-22-20-18-16-14-12-10-8-6-4-2)59-91-75-71(89)68(86)73(63(57-80)93-75)96-77-72(90)69(87)74(64(58-81)94-77)95-76-70(88)67(85)66(84)62(56-79)92-76/h5,7,11,13,17,19,23,25,52,54,60-64,66-77,79-82,84-90H,3-4,6,8-10,12,14-16,18,20-22,24,26-51,53,55-59H2,1-2H3,(H,78,83)/b7-5-,13-11-,19-17-,25-23-,54-52+. The number of rotatable bonds is 60. The molecule has 0 aliphatic carbocycles. The van der Waals surface area contributed by atoms with Crippen LogP contribution in [0.3, 0.4) is 0 Å². The number of amides is 1. The first-order valence-corrected chi connectivity index (χ1v) is 38.5. The minimum atomic E-state index is -1.98. The third-order valence-corrected chi connectivity index (χ3v) is 19.1. The van der Waals surface area contributed by atoms with Gasteiger partial charge < -0.3 is 89.9 Å². The van der Waals surface area contributed by atoms with Crippen LogP contribution >= 0.6 is 0 Å². The van der Waals surface area contributed by atoms with Gasteiger partial charge in [0.1, 0.15) is 73.2 Å². The molecule has 0 aromatic heterocycles. The van der Waals surface area contributed by atoms with Gasteiger partial charge in [-0.3, -0.25) is 4.79 Å². The van der Waals surface area contributed by atoms with Crippen molar-refractivity contribution in [3.8, 4) is 0 Å². The number of carbonyl (C=O) groups is 1. The van der Waals surface area contributed by atoms with Gasteiger partial charge in [0.05, 0.1) is 38.6 Å². The summed E-state index contributed by atoms with van der Waals surface area (Å²) in [6, 6.07) is -0.975. The summed E-state index contributed by atoms with van der Waals surface area (Å²) in [5.74, 6) is -0.272. The molecular weight excluding hydrogens is 1230 g/mol. The zero-order valence-electron chi connectivity index (χ0n) is 59.6. The summed E-state index contributed by atoms with van der Waals surface area (Å²) in [5.41, 5.74) is 0. The van der Waals surface area contributed by atoms with Crippen LogP contribution in [-0.4, -0.2) is 193 Å². The minimum absolute atomic E-state index is 0.244. The highest BCUT2D eigenvalue weighted by Gasteiger charge is 2.53. The molecule has 0 aromatic carbocycles. The molecule has 17 unspecified atom stereocenters. The Morgan fingerprint density at radius 3 is 1.12 bits per heavy atom. The Bertz CT molecular complexity index is 1970. The lowest BCUT2D eigenvalue weighted by Gasteiger charge is -2.48. The maximum Gasteiger partial charge on any atom is 0.220 e. The second-order valence-corrected chi connectivity index (χ2v) is 27.4. The van der Waals surface area contributed by atoms with Crippen LogP contribution in [-0.2, 0) is 33.2 Å². The number of unbranched alkanes of at least 4 members (excludes halogenated alkanes) is 36. The summed E-state index contributed by atoms with van der Waals surface area (Å²) >= 11 is 0. The van der Waals surface area contributed by atoms with Gasteiger partial charge in [0.25, 0.3) is 0 Å². The summed E-state index contributed by atoms with van der Waals surface area (Å²) < 4.78 is 34.4. The van der Waals surface area contributed by atoms with Crippen LogP contribution in [0.4, 0.5) is 0 Å². The molecule has 3 aliphatic rings. The summed E-state index contributed by atoms with van der Waals surface area (Å²) in [7, 11) is 0. The molecule has 12 N–H and O–H groups in total. The highest BCUT2D eigenvalue weighted by molar-refractivity contribution is 5.76. The maximum atomic E-state index is 13.5. The van der Waals surface area contributed by atoms with Gasteiger partial charge >= 0.3 is 0 Å². The molecule has 19 nitrogen and oxygen atoms in total. The van der Waals surface area contributed by atoms with Crippen molar-refractivity contribution in [2.75, 3.05) is 26.4 Å². The Morgan fingerprint density at radius 2 is 0.719 bits per heavy atom. The van der Waals surface area contributed by atoms with E-state index in [9.17, 15) is 61.0 Å². The highest BCUT2D eigenvalue weighted by Crippen LogP contribution is 2.33. The van der Waals surface area contributed by atoms with Gasteiger partial charge in [-0.15, -0.1) is 0 Å². The van der Waals surface area contributed by atoms with E-state index in [0.29, 0.717) is 6.42 Å². The number of hydrogen-bond donors (Lipinski definition) is 12. The van der Waals surface area contributed by atoms with E-state index >= 15 is 0 Å². The summed E-state index contributed by atoms with van der Waals surface area (Å²) in [6.45, 7) is 1.66. The Hall–Kier alpha value is -2.51. The number of ether oxygens (including phenoxy) is 6. The van der Waals surface area contributed by atoms with E-state index in [1.165, 1.54) is 193 Å². The lowest BCUT2D eigenvalue weighted by molar-refractivity contribution is -0.379. The van der Waals surface area contributed by atoms with Crippen LogP contribution in [0.2, 0.25) is 0 Å². The molecule has 560 valence electrons. The fourth-order valence-corrected chi connectivity index (χ4v) is 12.9. The molecule has 1 amide bonds. The molecule has 0 radical (unpaired) electrons. The van der Waals surface area contributed by atoms with Gasteiger partial charge in [0, 0.05) is 6.42 Å². The van der Waals surface area contributed by atoms with E-state index in [1.54, 1.807) is 6.08 Å². The Kier molecular flexibility index (Phi) is 53.0. The van der Waals surface area contributed by atoms with E-state index in [1.807, 2.05) is 6.08 Å². The van der Waals surface area contributed by atoms with Crippen molar-refractivity contribution in [3.63, 3.8) is 0 Å². The van der Waals surface area contributed by atoms with Crippen LogP contribution in [0.5, 0.6) is 0 Å². The van der Waals surface area contributed by atoms with Crippen molar-refractivity contribution in [3.05, 3.63) is 60.8 Å². The van der Waals surface area contributed by atoms with Gasteiger partial charge in [-0.2, -0.15) is 0 Å². The second-order valence-electron chi connectivity index (χ2n) is 27.4. The van der Waals surface area contributed by atoms with Gasteiger partial charge in [-0.05, 0) is 57.8 Å². The van der Waals surface area contributed by atoms with Crippen LogP contribution in [0, 0.1) is 0 Å². The summed E-state index contributed by atoms with van der Waals surface area (Å²) in [4.78, 5) is 13.5. The topological polar surface area (TPSA) is 307 Å². The number of aliphatic hydroxyl groups excluding tert-OH is 11. The van der Waals surface area contributed by atoms with Crippen LogP contribution < -0.4 is 5.32 Å². The quantitative estimate of drug-likeness (QED) is 0.0199. The van der Waals surface area contributed by atoms with Crippen LogP contribution in [0.25, 0.3) is 0 Å². The van der Waals surface area contributed by atoms with E-state index in [4.69, 9.17) is 28.4 Å². The number of carbonyl (C=O) groups excluding carboxylic acids is 1. The number of aliphatic hydroxyl groups is 11. The second kappa shape index (κ2) is 58.0. The largest absolute Gasteiger partial charge is 0.394 e. The molecule has 0 spiro atoms. The summed E-state index contributed by atoms with van der Waals surface area (Å²) in [5, 5.41) is 121. The normalized spacial score (nSPS) is 27.4. The molecule has 3 fully saturated rings. The predicted molar refractivity (Wildman–Crippen MR) is 379 cm³/mol. The number of hydrogen-bond acceptors (Lipinski definition) is 18. The number of nitrogens with one attached hydrogen (secondary N) is 1. The molecule has 0 saturated carbocycles. The minimum Gasteiger partial charge on any atom is -0.394 e. The third kappa shape index (κ3) is 38.5. The zero-order valence-corrected chi connectivity index (χ0v) is 59.6. The Balaban J connectivity index is 1.38. The van der Waals surface area contributed by atoms with Crippen LogP contribution in [0.15, 0.2) is 60.8 Å². The van der Waals surface area contributed by atoms with Gasteiger partial charge in [0.2, 0.25) is 5.91 Å². The van der Waals surface area contributed by atoms with Crippen molar-refractivity contribution in [1.29, 1.82) is 0 Å². The van der Waals surface area contributed by atoms with Gasteiger partial charge in [-0.25, -0.2) is 0 Å².